The van der Waals surface area contributed by atoms with Crippen LogP contribution < -0.4 is 0 Å². The van der Waals surface area contributed by atoms with Crippen LogP contribution in [-0.2, 0) is 18.9 Å². The first-order valence-electron chi connectivity index (χ1n) is 6.74. The molecule has 0 aromatic carbocycles. The largest absolute Gasteiger partial charge is 0.513 e. The van der Waals surface area contributed by atoms with Crippen molar-refractivity contribution in [2.45, 2.75) is 38.3 Å². The van der Waals surface area contributed by atoms with Gasteiger partial charge in [-0.1, -0.05) is 12.2 Å². The van der Waals surface area contributed by atoms with E-state index in [9.17, 15) is 4.79 Å². The van der Waals surface area contributed by atoms with E-state index in [0.717, 1.165) is 0 Å². The predicted octanol–water partition coefficient (Wildman–Crippen LogP) is 4.40. The molecular weight excluding hydrogens is 324 g/mol. The Bertz CT molecular complexity index is 332. The SMILES string of the molecule is C=CCC(C)(OCSC)OC(=O)OC(C)(CC=C)OCSC. The van der Waals surface area contributed by atoms with Crippen LogP contribution in [0, 0.1) is 0 Å². The summed E-state index contributed by atoms with van der Waals surface area (Å²) < 4.78 is 21.7. The fourth-order valence-electron chi connectivity index (χ4n) is 1.53. The highest BCUT2D eigenvalue weighted by molar-refractivity contribution is 7.98. The van der Waals surface area contributed by atoms with Gasteiger partial charge in [-0.25, -0.2) is 4.79 Å². The van der Waals surface area contributed by atoms with Crippen molar-refractivity contribution in [1.82, 2.24) is 0 Å². The lowest BCUT2D eigenvalue weighted by atomic mass is 10.2. The average molecular weight is 351 g/mol. The van der Waals surface area contributed by atoms with Crippen molar-refractivity contribution in [2.24, 2.45) is 0 Å². The van der Waals surface area contributed by atoms with E-state index in [-0.39, 0.29) is 0 Å². The highest BCUT2D eigenvalue weighted by Gasteiger charge is 2.34. The molecule has 0 N–H and O–H groups in total. The number of hydrogen-bond acceptors (Lipinski definition) is 7. The van der Waals surface area contributed by atoms with Gasteiger partial charge in [0.15, 0.2) is 0 Å². The molecule has 0 spiro atoms. The molecule has 0 heterocycles. The van der Waals surface area contributed by atoms with Crippen LogP contribution >= 0.6 is 23.5 Å². The molecule has 22 heavy (non-hydrogen) atoms. The lowest BCUT2D eigenvalue weighted by molar-refractivity contribution is -0.230. The van der Waals surface area contributed by atoms with Crippen molar-refractivity contribution in [3.8, 4) is 0 Å². The van der Waals surface area contributed by atoms with E-state index < -0.39 is 17.7 Å². The van der Waals surface area contributed by atoms with Gasteiger partial charge in [0.1, 0.15) is 0 Å². The highest BCUT2D eigenvalue weighted by Crippen LogP contribution is 2.25. The Morgan fingerprint density at radius 1 is 0.955 bits per heavy atom. The summed E-state index contributed by atoms with van der Waals surface area (Å²) in [5.74, 6) is -1.44. The summed E-state index contributed by atoms with van der Waals surface area (Å²) in [4.78, 5) is 12.1. The van der Waals surface area contributed by atoms with Crippen molar-refractivity contribution < 1.29 is 23.7 Å². The van der Waals surface area contributed by atoms with Gasteiger partial charge in [0.2, 0.25) is 11.6 Å². The van der Waals surface area contributed by atoms with Crippen molar-refractivity contribution in [1.29, 1.82) is 0 Å². The van der Waals surface area contributed by atoms with Gasteiger partial charge < -0.3 is 18.9 Å². The average Bonchev–Trinajstić information content (AvgIpc) is 2.43. The molecule has 0 aliphatic carbocycles. The molecule has 128 valence electrons. The van der Waals surface area contributed by atoms with Crippen LogP contribution in [0.5, 0.6) is 0 Å². The summed E-state index contributed by atoms with van der Waals surface area (Å²) in [5.41, 5.74) is 0. The van der Waals surface area contributed by atoms with E-state index in [1.54, 1.807) is 26.0 Å². The second-order valence-corrected chi connectivity index (χ2v) is 6.44. The van der Waals surface area contributed by atoms with Gasteiger partial charge in [-0.3, -0.25) is 0 Å². The number of thioether (sulfide) groups is 2. The Hall–Kier alpha value is -0.630. The second kappa shape index (κ2) is 11.0. The lowest BCUT2D eigenvalue weighted by Crippen LogP contribution is -2.40. The number of hydrogen-bond donors (Lipinski definition) is 0. The monoisotopic (exact) mass is 350 g/mol. The third-order valence-electron chi connectivity index (χ3n) is 2.59. The first-order chi connectivity index (χ1) is 10.3. The predicted molar refractivity (Wildman–Crippen MR) is 92.9 cm³/mol. The summed E-state index contributed by atoms with van der Waals surface area (Å²) in [7, 11) is 0. The van der Waals surface area contributed by atoms with E-state index >= 15 is 0 Å². The molecule has 0 radical (unpaired) electrons. The maximum atomic E-state index is 12.1. The van der Waals surface area contributed by atoms with Gasteiger partial charge in [0.25, 0.3) is 0 Å². The number of rotatable bonds is 12. The van der Waals surface area contributed by atoms with Crippen molar-refractivity contribution in [3.05, 3.63) is 25.3 Å². The maximum Gasteiger partial charge on any atom is 0.513 e. The highest BCUT2D eigenvalue weighted by atomic mass is 32.2. The Labute approximate surface area is 141 Å². The van der Waals surface area contributed by atoms with Crippen molar-refractivity contribution >= 4 is 29.7 Å². The van der Waals surface area contributed by atoms with Crippen LogP contribution in [0.15, 0.2) is 25.3 Å². The quantitative estimate of drug-likeness (QED) is 0.294. The van der Waals surface area contributed by atoms with E-state index in [0.29, 0.717) is 24.7 Å². The van der Waals surface area contributed by atoms with E-state index in [2.05, 4.69) is 13.2 Å². The fraction of sp³-hybridized carbons (Fsp3) is 0.667. The van der Waals surface area contributed by atoms with Crippen LogP contribution in [0.25, 0.3) is 0 Å². The Balaban J connectivity index is 4.75. The summed E-state index contributed by atoms with van der Waals surface area (Å²) in [5, 5.41) is 0. The zero-order valence-corrected chi connectivity index (χ0v) is 15.4. The molecular formula is C15H26O5S2. The zero-order valence-electron chi connectivity index (χ0n) is 13.8. The van der Waals surface area contributed by atoms with E-state index in [1.807, 2.05) is 12.5 Å². The molecule has 2 unspecified atom stereocenters. The van der Waals surface area contributed by atoms with Crippen LogP contribution in [0.2, 0.25) is 0 Å². The molecule has 0 fully saturated rings. The number of ether oxygens (including phenoxy) is 4. The van der Waals surface area contributed by atoms with E-state index in [1.165, 1.54) is 23.5 Å². The Morgan fingerprint density at radius 2 is 1.32 bits per heavy atom. The Kier molecular flexibility index (Phi) is 10.7. The molecule has 0 amide bonds. The smallest absolute Gasteiger partial charge is 0.402 e. The van der Waals surface area contributed by atoms with Crippen LogP contribution in [0.1, 0.15) is 26.7 Å². The number of carbonyl (C=O) groups excluding carboxylic acids is 1. The van der Waals surface area contributed by atoms with Gasteiger partial charge in [-0.15, -0.1) is 36.7 Å². The molecule has 0 aliphatic rings. The third kappa shape index (κ3) is 8.73. The van der Waals surface area contributed by atoms with Gasteiger partial charge in [0.05, 0.1) is 11.9 Å². The Morgan fingerprint density at radius 3 is 1.59 bits per heavy atom. The van der Waals surface area contributed by atoms with Gasteiger partial charge in [-0.2, -0.15) is 0 Å². The summed E-state index contributed by atoms with van der Waals surface area (Å²) in [6.07, 6.45) is 6.89. The molecule has 0 aromatic heterocycles. The van der Waals surface area contributed by atoms with Gasteiger partial charge in [-0.05, 0) is 12.5 Å². The van der Waals surface area contributed by atoms with Crippen LogP contribution in [0.3, 0.4) is 0 Å². The van der Waals surface area contributed by atoms with Crippen molar-refractivity contribution in [3.63, 3.8) is 0 Å². The third-order valence-corrected chi connectivity index (χ3v) is 3.30. The minimum atomic E-state index is -1.11. The minimum Gasteiger partial charge on any atom is -0.402 e. The topological polar surface area (TPSA) is 54.0 Å². The normalized spacial score (nSPS) is 16.2. The molecule has 5 nitrogen and oxygen atoms in total. The maximum absolute atomic E-state index is 12.1. The summed E-state index contributed by atoms with van der Waals surface area (Å²) in [6.45, 7) is 10.6. The van der Waals surface area contributed by atoms with E-state index in [4.69, 9.17) is 18.9 Å². The van der Waals surface area contributed by atoms with Crippen LogP contribution in [-0.4, -0.2) is 42.1 Å². The molecule has 7 heteroatoms. The number of carbonyl (C=O) groups is 1. The van der Waals surface area contributed by atoms with Crippen LogP contribution in [0.4, 0.5) is 4.79 Å². The molecule has 0 bridgehead atoms. The second-order valence-electron chi connectivity index (χ2n) is 4.81. The standard InChI is InChI=1S/C15H26O5S2/c1-7-9-14(3,17-11-21-5)19-13(16)20-15(4,10-8-2)18-12-22-6/h7-8H,1-2,9-12H2,3-6H3. The molecule has 0 rings (SSSR count). The first-order valence-corrected chi connectivity index (χ1v) is 9.53. The van der Waals surface area contributed by atoms with Gasteiger partial charge >= 0.3 is 6.16 Å². The fourth-order valence-corrected chi connectivity index (χ4v) is 2.26. The zero-order chi connectivity index (χ0) is 17.1. The molecule has 0 aliphatic heterocycles. The van der Waals surface area contributed by atoms with Gasteiger partial charge in [0, 0.05) is 26.7 Å². The van der Waals surface area contributed by atoms with Crippen molar-refractivity contribution in [2.75, 3.05) is 24.4 Å². The minimum absolute atomic E-state index is 0.354. The summed E-state index contributed by atoms with van der Waals surface area (Å²) >= 11 is 2.97. The lowest BCUT2D eigenvalue weighted by Gasteiger charge is -2.32. The molecule has 2 atom stereocenters. The first kappa shape index (κ1) is 21.4. The molecule has 0 aromatic rings. The summed E-state index contributed by atoms with van der Waals surface area (Å²) in [6, 6.07) is 0. The molecule has 0 saturated carbocycles. The molecule has 0 saturated heterocycles.